The number of hydrogen-bond acceptors (Lipinski definition) is 1. The van der Waals surface area contributed by atoms with Crippen molar-refractivity contribution in [3.05, 3.63) is 176 Å². The Kier molecular flexibility index (Phi) is 5.71. The first kappa shape index (κ1) is 28.2. The highest BCUT2D eigenvalue weighted by Gasteiger charge is 2.23. The molecule has 3 nitrogen and oxygen atoms in total. The van der Waals surface area contributed by atoms with Gasteiger partial charge in [-0.2, -0.15) is 0 Å². The lowest BCUT2D eigenvalue weighted by atomic mass is 10.0. The second-order valence-electron chi connectivity index (χ2n) is 13.8. The van der Waals surface area contributed by atoms with Gasteiger partial charge in [-0.1, -0.05) is 115 Å². The number of fused-ring (bicyclic) bond motifs is 11. The molecular weight excluding hydrogens is 651 g/mol. The second-order valence-corrected chi connectivity index (χ2v) is 14.8. The Morgan fingerprint density at radius 2 is 0.846 bits per heavy atom. The molecule has 3 aromatic heterocycles. The van der Waals surface area contributed by atoms with Crippen molar-refractivity contribution < 1.29 is 0 Å². The van der Waals surface area contributed by atoms with E-state index in [2.05, 4.69) is 190 Å². The minimum Gasteiger partial charge on any atom is -0.309 e. The van der Waals surface area contributed by atoms with Crippen LogP contribution in [0.5, 0.6) is 0 Å². The van der Waals surface area contributed by atoms with Gasteiger partial charge < -0.3 is 13.7 Å². The summed E-state index contributed by atoms with van der Waals surface area (Å²) in [5.74, 6) is 0. The Balaban J connectivity index is 1.00. The summed E-state index contributed by atoms with van der Waals surface area (Å²) >= 11 is 1.87. The van der Waals surface area contributed by atoms with Crippen LogP contribution in [0.4, 0.5) is 0 Å². The normalized spacial score (nSPS) is 12.5. The molecule has 0 unspecified atom stereocenters. The van der Waals surface area contributed by atoms with Gasteiger partial charge in [0, 0.05) is 53.5 Å². The fraction of sp³-hybridized carbons (Fsp3) is 0. The zero-order valence-electron chi connectivity index (χ0n) is 28.0. The van der Waals surface area contributed by atoms with Crippen molar-refractivity contribution in [1.29, 1.82) is 0 Å². The first-order chi connectivity index (χ1) is 25.8. The van der Waals surface area contributed by atoms with Crippen molar-refractivity contribution in [2.75, 3.05) is 0 Å². The molecule has 0 saturated heterocycles. The second kappa shape index (κ2) is 10.5. The molecular formula is C48H29N3S. The highest BCUT2D eigenvalue weighted by Crippen LogP contribution is 2.47. The molecule has 8 aromatic carbocycles. The van der Waals surface area contributed by atoms with Gasteiger partial charge in [-0.05, 0) is 83.9 Å². The minimum absolute atomic E-state index is 1.15. The van der Waals surface area contributed by atoms with E-state index in [0.717, 1.165) is 5.69 Å². The van der Waals surface area contributed by atoms with Crippen LogP contribution in [0.2, 0.25) is 0 Å². The van der Waals surface area contributed by atoms with Crippen molar-refractivity contribution in [3.63, 3.8) is 0 Å². The molecule has 4 heterocycles. The molecule has 242 valence electrons. The molecule has 0 aliphatic carbocycles. The van der Waals surface area contributed by atoms with E-state index in [4.69, 9.17) is 0 Å². The van der Waals surface area contributed by atoms with Crippen molar-refractivity contribution in [2.24, 2.45) is 0 Å². The molecule has 1 aliphatic rings. The molecule has 4 heteroatoms. The van der Waals surface area contributed by atoms with Gasteiger partial charge in [-0.3, -0.25) is 0 Å². The van der Waals surface area contributed by atoms with Gasteiger partial charge >= 0.3 is 0 Å². The lowest BCUT2D eigenvalue weighted by molar-refractivity contribution is 1.09. The van der Waals surface area contributed by atoms with Crippen LogP contribution < -0.4 is 0 Å². The van der Waals surface area contributed by atoms with E-state index in [1.165, 1.54) is 97.7 Å². The van der Waals surface area contributed by atoms with Gasteiger partial charge in [-0.25, -0.2) is 0 Å². The molecule has 11 aromatic rings. The highest BCUT2D eigenvalue weighted by atomic mass is 32.2. The van der Waals surface area contributed by atoms with Crippen LogP contribution in [-0.2, 0) is 0 Å². The number of hydrogen-bond donors (Lipinski definition) is 0. The van der Waals surface area contributed by atoms with Gasteiger partial charge in [-0.15, -0.1) is 0 Å². The lowest BCUT2D eigenvalue weighted by Crippen LogP contribution is -2.01. The van der Waals surface area contributed by atoms with Crippen LogP contribution in [0.3, 0.4) is 0 Å². The van der Waals surface area contributed by atoms with Crippen LogP contribution in [0, 0.1) is 0 Å². The van der Waals surface area contributed by atoms with Crippen molar-refractivity contribution in [3.8, 4) is 28.2 Å². The molecule has 52 heavy (non-hydrogen) atoms. The Morgan fingerprint density at radius 3 is 1.60 bits per heavy atom. The number of benzene rings is 8. The van der Waals surface area contributed by atoms with Crippen LogP contribution in [-0.4, -0.2) is 13.7 Å². The molecule has 0 N–H and O–H groups in total. The Hall–Kier alpha value is -6.49. The maximum absolute atomic E-state index is 2.47. The van der Waals surface area contributed by atoms with Crippen molar-refractivity contribution in [2.45, 2.75) is 9.79 Å². The zero-order valence-corrected chi connectivity index (χ0v) is 28.8. The van der Waals surface area contributed by atoms with Gasteiger partial charge in [0.15, 0.2) is 0 Å². The molecule has 0 fully saturated rings. The summed E-state index contributed by atoms with van der Waals surface area (Å²) in [6, 6.07) is 64.7. The lowest BCUT2D eigenvalue weighted by Gasteiger charge is -2.19. The van der Waals surface area contributed by atoms with E-state index >= 15 is 0 Å². The van der Waals surface area contributed by atoms with Gasteiger partial charge in [0.25, 0.3) is 0 Å². The van der Waals surface area contributed by atoms with Crippen molar-refractivity contribution in [1.82, 2.24) is 13.7 Å². The number of aromatic nitrogens is 3. The Bertz CT molecular complexity index is 3210. The predicted molar refractivity (Wildman–Crippen MR) is 219 cm³/mol. The molecule has 12 rings (SSSR count). The number of para-hydroxylation sites is 5. The third kappa shape index (κ3) is 3.82. The van der Waals surface area contributed by atoms with Gasteiger partial charge in [0.2, 0.25) is 0 Å². The van der Waals surface area contributed by atoms with E-state index < -0.39 is 0 Å². The monoisotopic (exact) mass is 679 g/mol. The third-order valence-corrected chi connectivity index (χ3v) is 12.1. The van der Waals surface area contributed by atoms with Gasteiger partial charge in [0.05, 0.1) is 38.8 Å². The van der Waals surface area contributed by atoms with E-state index in [9.17, 15) is 0 Å². The summed E-state index contributed by atoms with van der Waals surface area (Å²) in [5, 5.41) is 7.65. The fourth-order valence-electron chi connectivity index (χ4n) is 8.78. The number of nitrogens with zero attached hydrogens (tertiary/aromatic N) is 3. The van der Waals surface area contributed by atoms with Gasteiger partial charge in [0.1, 0.15) is 0 Å². The third-order valence-electron chi connectivity index (χ3n) is 11.0. The summed E-state index contributed by atoms with van der Waals surface area (Å²) in [4.78, 5) is 2.61. The maximum Gasteiger partial charge on any atom is 0.0681 e. The van der Waals surface area contributed by atoms with Crippen LogP contribution in [0.1, 0.15) is 0 Å². The Morgan fingerprint density at radius 1 is 0.308 bits per heavy atom. The highest BCUT2D eigenvalue weighted by molar-refractivity contribution is 7.99. The quantitative estimate of drug-likeness (QED) is 0.181. The minimum atomic E-state index is 1.15. The van der Waals surface area contributed by atoms with E-state index in [-0.39, 0.29) is 0 Å². The van der Waals surface area contributed by atoms with Crippen LogP contribution in [0.25, 0.3) is 93.6 Å². The molecule has 0 atom stereocenters. The SMILES string of the molecule is c1ccc2c(c1)Sc1cccc3c4ccc(-c5ccc(-n6c7ccccc7c7cc(-n8c9ccccc9c9ccccc98)ccc76)cc5)cc4n-2c13. The standard InChI is InChI=1S/C48H29N3S/c1-4-14-40-34(10-1)35-11-2-5-15-41(35)50(40)33-25-27-43-39(29-33)36-12-3-6-16-42(36)49(43)32-23-20-30(21-24-32)31-22-26-37-38-13-9-19-47-48(38)51(45(37)28-31)44-17-7-8-18-46(44)52-47/h1-29H. The predicted octanol–water partition coefficient (Wildman–Crippen LogP) is 13.1. The molecule has 0 amide bonds. The van der Waals surface area contributed by atoms with Crippen LogP contribution in [0.15, 0.2) is 186 Å². The Labute approximate surface area is 303 Å². The van der Waals surface area contributed by atoms with E-state index in [1.54, 1.807) is 0 Å². The first-order valence-electron chi connectivity index (χ1n) is 17.8. The molecule has 0 bridgehead atoms. The zero-order chi connectivity index (χ0) is 33.9. The van der Waals surface area contributed by atoms with E-state index in [0.29, 0.717) is 0 Å². The summed E-state index contributed by atoms with van der Waals surface area (Å²) in [6.07, 6.45) is 0. The average Bonchev–Trinajstić information content (AvgIpc) is 3.84. The largest absolute Gasteiger partial charge is 0.309 e. The first-order valence-corrected chi connectivity index (χ1v) is 18.6. The molecule has 0 spiro atoms. The number of rotatable bonds is 3. The molecule has 0 radical (unpaired) electrons. The fourth-order valence-corrected chi connectivity index (χ4v) is 9.87. The summed E-state index contributed by atoms with van der Waals surface area (Å²) < 4.78 is 7.28. The summed E-state index contributed by atoms with van der Waals surface area (Å²) in [6.45, 7) is 0. The smallest absolute Gasteiger partial charge is 0.0681 e. The summed E-state index contributed by atoms with van der Waals surface area (Å²) in [5.41, 5.74) is 13.4. The summed E-state index contributed by atoms with van der Waals surface area (Å²) in [7, 11) is 0. The van der Waals surface area contributed by atoms with Crippen LogP contribution >= 0.6 is 11.8 Å². The maximum atomic E-state index is 2.47. The van der Waals surface area contributed by atoms with E-state index in [1.807, 2.05) is 11.8 Å². The van der Waals surface area contributed by atoms with Crippen molar-refractivity contribution >= 4 is 77.2 Å². The average molecular weight is 680 g/mol. The topological polar surface area (TPSA) is 14.8 Å². The molecule has 1 aliphatic heterocycles. The molecule has 0 saturated carbocycles.